The van der Waals surface area contributed by atoms with E-state index in [1.807, 2.05) is 0 Å². The Morgan fingerprint density at radius 2 is 1.88 bits per heavy atom. The number of benzene rings is 1. The van der Waals surface area contributed by atoms with Crippen molar-refractivity contribution in [1.29, 1.82) is 0 Å². The summed E-state index contributed by atoms with van der Waals surface area (Å²) in [6, 6.07) is 8.35. The molecule has 0 bridgehead atoms. The smallest absolute Gasteiger partial charge is 0.317 e. The molecule has 0 aliphatic rings. The van der Waals surface area contributed by atoms with Crippen LogP contribution in [-0.2, 0) is 17.8 Å². The zero-order valence-corrected chi connectivity index (χ0v) is 9.70. The zero-order chi connectivity index (χ0) is 11.8. The number of carboxylic acids is 1. The summed E-state index contributed by atoms with van der Waals surface area (Å²) in [4.78, 5) is 10.3. The first-order valence-electron chi connectivity index (χ1n) is 5.72. The fourth-order valence-corrected chi connectivity index (χ4v) is 1.52. The number of aliphatic carboxylic acids is 1. The minimum Gasteiger partial charge on any atom is -0.480 e. The Balaban J connectivity index is 2.36. The van der Waals surface area contributed by atoms with E-state index in [1.165, 1.54) is 18.4 Å². The van der Waals surface area contributed by atoms with Gasteiger partial charge in [-0.3, -0.25) is 4.79 Å². The summed E-state index contributed by atoms with van der Waals surface area (Å²) < 4.78 is 0. The molecule has 0 fully saturated rings. The summed E-state index contributed by atoms with van der Waals surface area (Å²) in [6.07, 6.45) is 3.55. The van der Waals surface area contributed by atoms with E-state index in [1.54, 1.807) is 0 Å². The molecule has 16 heavy (non-hydrogen) atoms. The monoisotopic (exact) mass is 221 g/mol. The number of aryl methyl sites for hydroxylation is 1. The molecule has 1 aromatic rings. The van der Waals surface area contributed by atoms with E-state index >= 15 is 0 Å². The predicted molar refractivity (Wildman–Crippen MR) is 64.4 cm³/mol. The highest BCUT2D eigenvalue weighted by molar-refractivity contribution is 5.68. The molecule has 1 aromatic carbocycles. The second kappa shape index (κ2) is 7.01. The molecule has 0 saturated heterocycles. The van der Waals surface area contributed by atoms with Gasteiger partial charge in [-0.15, -0.1) is 0 Å². The van der Waals surface area contributed by atoms with Crippen molar-refractivity contribution in [3.63, 3.8) is 0 Å². The Morgan fingerprint density at radius 3 is 2.44 bits per heavy atom. The van der Waals surface area contributed by atoms with Gasteiger partial charge in [-0.05, 0) is 24.0 Å². The third kappa shape index (κ3) is 4.94. The third-order valence-electron chi connectivity index (χ3n) is 2.45. The standard InChI is InChI=1S/C13H19NO2/c1-2-3-4-11-5-7-12(8-6-11)9-14-10-13(15)16/h5-8,14H,2-4,9-10H2,1H3,(H,15,16). The molecule has 1 rings (SSSR count). The lowest BCUT2D eigenvalue weighted by Gasteiger charge is -2.04. The van der Waals surface area contributed by atoms with E-state index in [9.17, 15) is 4.79 Å². The summed E-state index contributed by atoms with van der Waals surface area (Å²) >= 11 is 0. The van der Waals surface area contributed by atoms with Crippen LogP contribution < -0.4 is 5.32 Å². The molecule has 88 valence electrons. The van der Waals surface area contributed by atoms with E-state index in [0.717, 1.165) is 12.0 Å². The summed E-state index contributed by atoms with van der Waals surface area (Å²) in [6.45, 7) is 2.81. The topological polar surface area (TPSA) is 49.3 Å². The van der Waals surface area contributed by atoms with Crippen LogP contribution in [0.25, 0.3) is 0 Å². The second-order valence-corrected chi connectivity index (χ2v) is 3.92. The van der Waals surface area contributed by atoms with Crippen molar-refractivity contribution in [1.82, 2.24) is 5.32 Å². The van der Waals surface area contributed by atoms with Crippen LogP contribution in [-0.4, -0.2) is 17.6 Å². The molecule has 0 aromatic heterocycles. The molecule has 0 spiro atoms. The van der Waals surface area contributed by atoms with Gasteiger partial charge in [0, 0.05) is 6.54 Å². The Bertz CT molecular complexity index is 319. The highest BCUT2D eigenvalue weighted by atomic mass is 16.4. The maximum absolute atomic E-state index is 10.3. The molecular formula is C13H19NO2. The van der Waals surface area contributed by atoms with E-state index in [-0.39, 0.29) is 6.54 Å². The lowest BCUT2D eigenvalue weighted by molar-refractivity contribution is -0.135. The molecule has 3 heteroatoms. The minimum atomic E-state index is -0.820. The average Bonchev–Trinajstić information content (AvgIpc) is 2.27. The van der Waals surface area contributed by atoms with Gasteiger partial charge >= 0.3 is 5.97 Å². The van der Waals surface area contributed by atoms with Gasteiger partial charge in [0.2, 0.25) is 0 Å². The van der Waals surface area contributed by atoms with Crippen molar-refractivity contribution in [3.8, 4) is 0 Å². The van der Waals surface area contributed by atoms with Gasteiger partial charge in [0.15, 0.2) is 0 Å². The normalized spacial score (nSPS) is 10.3. The SMILES string of the molecule is CCCCc1ccc(CNCC(=O)O)cc1. The van der Waals surface area contributed by atoms with Gasteiger partial charge in [0.25, 0.3) is 0 Å². The summed E-state index contributed by atoms with van der Waals surface area (Å²) in [5.74, 6) is -0.820. The van der Waals surface area contributed by atoms with Crippen molar-refractivity contribution < 1.29 is 9.90 Å². The Labute approximate surface area is 96.5 Å². The number of hydrogen-bond donors (Lipinski definition) is 2. The summed E-state index contributed by atoms with van der Waals surface area (Å²) in [5, 5.41) is 11.3. The van der Waals surface area contributed by atoms with Crippen molar-refractivity contribution in [2.45, 2.75) is 32.7 Å². The number of unbranched alkanes of at least 4 members (excludes halogenated alkanes) is 1. The Morgan fingerprint density at radius 1 is 1.25 bits per heavy atom. The highest BCUT2D eigenvalue weighted by Gasteiger charge is 1.97. The number of hydrogen-bond acceptors (Lipinski definition) is 2. The number of rotatable bonds is 7. The van der Waals surface area contributed by atoms with Gasteiger partial charge in [-0.1, -0.05) is 37.6 Å². The molecule has 3 nitrogen and oxygen atoms in total. The number of carbonyl (C=O) groups is 1. The highest BCUT2D eigenvalue weighted by Crippen LogP contribution is 2.07. The van der Waals surface area contributed by atoms with E-state index in [0.29, 0.717) is 6.54 Å². The largest absolute Gasteiger partial charge is 0.480 e. The first-order chi connectivity index (χ1) is 7.72. The predicted octanol–water partition coefficient (Wildman–Crippen LogP) is 2.20. The van der Waals surface area contributed by atoms with Crippen molar-refractivity contribution in [2.24, 2.45) is 0 Å². The van der Waals surface area contributed by atoms with Crippen LogP contribution in [0.1, 0.15) is 30.9 Å². The van der Waals surface area contributed by atoms with E-state index in [2.05, 4.69) is 36.5 Å². The van der Waals surface area contributed by atoms with Crippen molar-refractivity contribution in [2.75, 3.05) is 6.54 Å². The van der Waals surface area contributed by atoms with Crippen molar-refractivity contribution in [3.05, 3.63) is 35.4 Å². The van der Waals surface area contributed by atoms with Crippen LogP contribution in [0.5, 0.6) is 0 Å². The van der Waals surface area contributed by atoms with Gasteiger partial charge in [0.1, 0.15) is 0 Å². The number of nitrogens with one attached hydrogen (secondary N) is 1. The van der Waals surface area contributed by atoms with Crippen LogP contribution in [0, 0.1) is 0 Å². The molecular weight excluding hydrogens is 202 g/mol. The number of carboxylic acid groups (broad SMARTS) is 1. The van der Waals surface area contributed by atoms with E-state index < -0.39 is 5.97 Å². The van der Waals surface area contributed by atoms with Crippen LogP contribution in [0.4, 0.5) is 0 Å². The van der Waals surface area contributed by atoms with Crippen LogP contribution in [0.15, 0.2) is 24.3 Å². The van der Waals surface area contributed by atoms with Crippen molar-refractivity contribution >= 4 is 5.97 Å². The first-order valence-corrected chi connectivity index (χ1v) is 5.72. The molecule has 0 aliphatic heterocycles. The van der Waals surface area contributed by atoms with Gasteiger partial charge < -0.3 is 10.4 Å². The lowest BCUT2D eigenvalue weighted by atomic mass is 10.1. The lowest BCUT2D eigenvalue weighted by Crippen LogP contribution is -2.21. The molecule has 0 atom stereocenters. The fourth-order valence-electron chi connectivity index (χ4n) is 1.52. The summed E-state index contributed by atoms with van der Waals surface area (Å²) in [5.41, 5.74) is 2.48. The van der Waals surface area contributed by atoms with Gasteiger partial charge in [-0.25, -0.2) is 0 Å². The Hall–Kier alpha value is -1.35. The third-order valence-corrected chi connectivity index (χ3v) is 2.45. The zero-order valence-electron chi connectivity index (χ0n) is 9.70. The quantitative estimate of drug-likeness (QED) is 0.742. The molecule has 2 N–H and O–H groups in total. The van der Waals surface area contributed by atoms with Crippen LogP contribution in [0.3, 0.4) is 0 Å². The Kier molecular flexibility index (Phi) is 5.57. The maximum Gasteiger partial charge on any atom is 0.317 e. The molecule has 0 heterocycles. The molecule has 0 amide bonds. The van der Waals surface area contributed by atoms with Crippen LogP contribution >= 0.6 is 0 Å². The van der Waals surface area contributed by atoms with Gasteiger partial charge in [0.05, 0.1) is 6.54 Å². The molecule has 0 saturated carbocycles. The second-order valence-electron chi connectivity index (χ2n) is 3.92. The first kappa shape index (κ1) is 12.7. The molecule has 0 aliphatic carbocycles. The molecule has 0 unspecified atom stereocenters. The maximum atomic E-state index is 10.3. The van der Waals surface area contributed by atoms with Crippen LogP contribution in [0.2, 0.25) is 0 Å². The minimum absolute atomic E-state index is 0.0115. The summed E-state index contributed by atoms with van der Waals surface area (Å²) in [7, 11) is 0. The van der Waals surface area contributed by atoms with Gasteiger partial charge in [-0.2, -0.15) is 0 Å². The van der Waals surface area contributed by atoms with E-state index in [4.69, 9.17) is 5.11 Å². The molecule has 0 radical (unpaired) electrons. The fraction of sp³-hybridized carbons (Fsp3) is 0.462. The average molecular weight is 221 g/mol.